The lowest BCUT2D eigenvalue weighted by molar-refractivity contribution is 0.100. The highest BCUT2D eigenvalue weighted by molar-refractivity contribution is 9.10. The molecule has 0 saturated carbocycles. The molecule has 0 fully saturated rings. The zero-order valence-corrected chi connectivity index (χ0v) is 13.0. The molecule has 0 radical (unpaired) electrons. The Labute approximate surface area is 131 Å². The molecule has 1 aliphatic heterocycles. The third kappa shape index (κ3) is 2.72. The average Bonchev–Trinajstić information content (AvgIpc) is 2.51. The molecule has 0 atom stereocenters. The number of hydrogen-bond acceptors (Lipinski definition) is 3. The van der Waals surface area contributed by atoms with Crippen LogP contribution >= 0.6 is 15.9 Å². The van der Waals surface area contributed by atoms with Crippen molar-refractivity contribution in [3.8, 4) is 11.5 Å². The van der Waals surface area contributed by atoms with Gasteiger partial charge in [-0.2, -0.15) is 0 Å². The molecule has 0 aromatic heterocycles. The van der Waals surface area contributed by atoms with Crippen molar-refractivity contribution in [2.75, 3.05) is 13.7 Å². The van der Waals surface area contributed by atoms with Gasteiger partial charge in [-0.3, -0.25) is 4.79 Å². The highest BCUT2D eigenvalue weighted by atomic mass is 79.9. The van der Waals surface area contributed by atoms with E-state index >= 15 is 0 Å². The highest BCUT2D eigenvalue weighted by Crippen LogP contribution is 2.30. The molecule has 0 N–H and O–H groups in total. The van der Waals surface area contributed by atoms with Crippen LogP contribution in [0.2, 0.25) is 0 Å². The number of carbonyl (C=O) groups is 1. The van der Waals surface area contributed by atoms with E-state index in [-0.39, 0.29) is 12.4 Å². The van der Waals surface area contributed by atoms with Gasteiger partial charge in [0.2, 0.25) is 0 Å². The molecule has 0 unspecified atom stereocenters. The molecule has 0 bridgehead atoms. The maximum absolute atomic E-state index is 12.5. The summed E-state index contributed by atoms with van der Waals surface area (Å²) in [4.78, 5) is 12.5. The van der Waals surface area contributed by atoms with Crippen molar-refractivity contribution in [3.05, 3.63) is 63.6 Å². The predicted octanol–water partition coefficient (Wildman–Crippen LogP) is 4.12. The standard InChI is InChI=1S/C17H13BrO3/c1-20-15-7-6-13(18)9-11(15)8-12-10-21-16-5-3-2-4-14(16)17(12)19/h2-9H,10H2,1H3/b12-8+. The van der Waals surface area contributed by atoms with Gasteiger partial charge in [-0.1, -0.05) is 28.1 Å². The van der Waals surface area contributed by atoms with Crippen molar-refractivity contribution >= 4 is 27.8 Å². The van der Waals surface area contributed by atoms with E-state index < -0.39 is 0 Å². The van der Waals surface area contributed by atoms with Gasteiger partial charge < -0.3 is 9.47 Å². The maximum atomic E-state index is 12.5. The lowest BCUT2D eigenvalue weighted by Gasteiger charge is -2.18. The minimum Gasteiger partial charge on any atom is -0.496 e. The second-order valence-corrected chi connectivity index (χ2v) is 5.59. The second kappa shape index (κ2) is 5.74. The van der Waals surface area contributed by atoms with E-state index in [0.717, 1.165) is 15.8 Å². The Morgan fingerprint density at radius 3 is 2.86 bits per heavy atom. The van der Waals surface area contributed by atoms with Crippen LogP contribution in [-0.4, -0.2) is 19.5 Å². The minimum atomic E-state index is -0.00104. The Bertz CT molecular complexity index is 735. The molecule has 0 amide bonds. The predicted molar refractivity (Wildman–Crippen MR) is 84.9 cm³/mol. The number of para-hydroxylation sites is 1. The Morgan fingerprint density at radius 1 is 1.24 bits per heavy atom. The number of benzene rings is 2. The fraction of sp³-hybridized carbons (Fsp3) is 0.118. The Hall–Kier alpha value is -2.07. The van der Waals surface area contributed by atoms with E-state index in [4.69, 9.17) is 9.47 Å². The van der Waals surface area contributed by atoms with Crippen LogP contribution in [-0.2, 0) is 0 Å². The fourth-order valence-electron chi connectivity index (χ4n) is 2.29. The van der Waals surface area contributed by atoms with Crippen LogP contribution in [0.5, 0.6) is 11.5 Å². The maximum Gasteiger partial charge on any atom is 0.196 e. The lowest BCUT2D eigenvalue weighted by atomic mass is 9.98. The molecule has 0 spiro atoms. The molecule has 4 heteroatoms. The first-order valence-electron chi connectivity index (χ1n) is 6.49. The summed E-state index contributed by atoms with van der Waals surface area (Å²) in [6.07, 6.45) is 1.82. The number of ether oxygens (including phenoxy) is 2. The van der Waals surface area contributed by atoms with E-state index in [9.17, 15) is 4.79 Å². The van der Waals surface area contributed by atoms with E-state index in [1.165, 1.54) is 0 Å². The molecular weight excluding hydrogens is 332 g/mol. The molecule has 3 nitrogen and oxygen atoms in total. The number of Topliss-reactive ketones (excluding diaryl/α,β-unsaturated/α-hetero) is 1. The van der Waals surface area contributed by atoms with Crippen molar-refractivity contribution in [3.63, 3.8) is 0 Å². The molecule has 2 aromatic rings. The molecule has 2 aromatic carbocycles. The van der Waals surface area contributed by atoms with Crippen molar-refractivity contribution in [1.82, 2.24) is 0 Å². The summed E-state index contributed by atoms with van der Waals surface area (Å²) in [5.74, 6) is 1.36. The Morgan fingerprint density at radius 2 is 2.05 bits per heavy atom. The summed E-state index contributed by atoms with van der Waals surface area (Å²) in [5, 5.41) is 0. The second-order valence-electron chi connectivity index (χ2n) is 4.67. The van der Waals surface area contributed by atoms with Crippen molar-refractivity contribution in [2.24, 2.45) is 0 Å². The van der Waals surface area contributed by atoms with E-state index in [2.05, 4.69) is 15.9 Å². The van der Waals surface area contributed by atoms with Crippen LogP contribution in [0.4, 0.5) is 0 Å². The first kappa shape index (κ1) is 13.9. The van der Waals surface area contributed by atoms with Crippen molar-refractivity contribution in [2.45, 2.75) is 0 Å². The average molecular weight is 345 g/mol. The van der Waals surface area contributed by atoms with Crippen LogP contribution in [0.15, 0.2) is 52.5 Å². The van der Waals surface area contributed by atoms with Gasteiger partial charge in [0.15, 0.2) is 5.78 Å². The SMILES string of the molecule is COc1ccc(Br)cc1/C=C1\COc2ccccc2C1=O. The Kier molecular flexibility index (Phi) is 3.80. The Balaban J connectivity index is 2.02. The van der Waals surface area contributed by atoms with Crippen LogP contribution in [0, 0.1) is 0 Å². The van der Waals surface area contributed by atoms with Gasteiger partial charge in [-0.05, 0) is 36.4 Å². The number of methoxy groups -OCH3 is 1. The first-order chi connectivity index (χ1) is 10.2. The molecule has 106 valence electrons. The molecule has 21 heavy (non-hydrogen) atoms. The first-order valence-corrected chi connectivity index (χ1v) is 7.29. The van der Waals surface area contributed by atoms with Crippen LogP contribution in [0.3, 0.4) is 0 Å². The number of carbonyl (C=O) groups excluding carboxylic acids is 1. The molecule has 0 aliphatic carbocycles. The number of rotatable bonds is 2. The van der Waals surface area contributed by atoms with Crippen molar-refractivity contribution in [1.29, 1.82) is 0 Å². The van der Waals surface area contributed by atoms with Crippen LogP contribution in [0.1, 0.15) is 15.9 Å². The smallest absolute Gasteiger partial charge is 0.196 e. The number of fused-ring (bicyclic) bond motifs is 1. The van der Waals surface area contributed by atoms with Gasteiger partial charge in [0.05, 0.1) is 12.7 Å². The fourth-order valence-corrected chi connectivity index (χ4v) is 2.67. The molecule has 1 aliphatic rings. The largest absolute Gasteiger partial charge is 0.496 e. The lowest BCUT2D eigenvalue weighted by Crippen LogP contribution is -2.18. The summed E-state index contributed by atoms with van der Waals surface area (Å²) in [6, 6.07) is 13.0. The summed E-state index contributed by atoms with van der Waals surface area (Å²) in [5.41, 5.74) is 2.06. The van der Waals surface area contributed by atoms with Crippen molar-refractivity contribution < 1.29 is 14.3 Å². The summed E-state index contributed by atoms with van der Waals surface area (Å²) >= 11 is 3.43. The monoisotopic (exact) mass is 344 g/mol. The zero-order chi connectivity index (χ0) is 14.8. The molecular formula is C17H13BrO3. The number of hydrogen-bond donors (Lipinski definition) is 0. The topological polar surface area (TPSA) is 35.5 Å². The van der Waals surface area contributed by atoms with Gasteiger partial charge in [0.1, 0.15) is 18.1 Å². The quantitative estimate of drug-likeness (QED) is 0.769. The third-order valence-corrected chi connectivity index (χ3v) is 3.82. The normalized spacial score (nSPS) is 15.5. The van der Waals surface area contributed by atoms with Gasteiger partial charge in [0.25, 0.3) is 0 Å². The van der Waals surface area contributed by atoms with E-state index in [1.54, 1.807) is 13.2 Å². The zero-order valence-electron chi connectivity index (χ0n) is 11.4. The highest BCUT2D eigenvalue weighted by Gasteiger charge is 2.23. The van der Waals surface area contributed by atoms with Crippen LogP contribution < -0.4 is 9.47 Å². The molecule has 0 saturated heterocycles. The van der Waals surface area contributed by atoms with E-state index in [0.29, 0.717) is 16.9 Å². The van der Waals surface area contributed by atoms with Crippen LogP contribution in [0.25, 0.3) is 6.08 Å². The van der Waals surface area contributed by atoms with E-state index in [1.807, 2.05) is 42.5 Å². The summed E-state index contributed by atoms with van der Waals surface area (Å²) in [7, 11) is 1.61. The number of ketones is 1. The molecule has 3 rings (SSSR count). The molecule has 1 heterocycles. The van der Waals surface area contributed by atoms with Gasteiger partial charge in [-0.15, -0.1) is 0 Å². The summed E-state index contributed by atoms with van der Waals surface area (Å²) in [6.45, 7) is 0.269. The van der Waals surface area contributed by atoms with Gasteiger partial charge in [0, 0.05) is 15.6 Å². The minimum absolute atomic E-state index is 0.00104. The van der Waals surface area contributed by atoms with Gasteiger partial charge in [-0.25, -0.2) is 0 Å². The summed E-state index contributed by atoms with van der Waals surface area (Å²) < 4.78 is 11.9. The van der Waals surface area contributed by atoms with Gasteiger partial charge >= 0.3 is 0 Å². The number of halogens is 1. The third-order valence-electron chi connectivity index (χ3n) is 3.33.